The van der Waals surface area contributed by atoms with Gasteiger partial charge in [0.2, 0.25) is 5.91 Å². The molecule has 1 heterocycles. The van der Waals surface area contributed by atoms with Crippen LogP contribution in [0.2, 0.25) is 0 Å². The summed E-state index contributed by atoms with van der Waals surface area (Å²) in [6, 6.07) is -0.375. The van der Waals surface area contributed by atoms with Gasteiger partial charge in [0.05, 0.1) is 26.2 Å². The van der Waals surface area contributed by atoms with E-state index in [9.17, 15) is 9.59 Å². The summed E-state index contributed by atoms with van der Waals surface area (Å²) in [6.07, 6.45) is -0.365. The molecule has 0 aromatic heterocycles. The van der Waals surface area contributed by atoms with Crippen molar-refractivity contribution in [2.75, 3.05) is 20.8 Å². The first-order valence-electron chi connectivity index (χ1n) is 6.95. The molecule has 7 nitrogen and oxygen atoms in total. The number of hydrogen-bond acceptors (Lipinski definition) is 5. The number of amides is 2. The molecule has 7 heteroatoms. The third kappa shape index (κ3) is 4.57. The van der Waals surface area contributed by atoms with E-state index in [0.717, 1.165) is 5.06 Å². The van der Waals surface area contributed by atoms with Crippen molar-refractivity contribution < 1.29 is 23.9 Å². The van der Waals surface area contributed by atoms with E-state index >= 15 is 0 Å². The number of hydroxylamine groups is 2. The average molecular weight is 302 g/mol. The Morgan fingerprint density at radius 2 is 1.95 bits per heavy atom. The van der Waals surface area contributed by atoms with Gasteiger partial charge in [0, 0.05) is 7.05 Å². The summed E-state index contributed by atoms with van der Waals surface area (Å²) in [5.74, 6) is -0.225. The molecule has 1 aliphatic heterocycles. The Hall–Kier alpha value is -1.34. The lowest BCUT2D eigenvalue weighted by Gasteiger charge is -2.35. The minimum atomic E-state index is -0.807. The fourth-order valence-corrected chi connectivity index (χ4v) is 2.15. The van der Waals surface area contributed by atoms with Crippen LogP contribution < -0.4 is 0 Å². The Labute approximate surface area is 126 Å². The summed E-state index contributed by atoms with van der Waals surface area (Å²) >= 11 is 0. The fourth-order valence-electron chi connectivity index (χ4n) is 2.15. The van der Waals surface area contributed by atoms with Gasteiger partial charge in [0.25, 0.3) is 0 Å². The van der Waals surface area contributed by atoms with Crippen LogP contribution in [0.4, 0.5) is 4.79 Å². The Bertz CT molecular complexity index is 403. The SMILES string of the molecule is CON(C)C(=O)C[C@H]1COC(C)(C)N1C(=O)OC(C)(C)C. The summed E-state index contributed by atoms with van der Waals surface area (Å²) < 4.78 is 11.0. The molecule has 0 aliphatic carbocycles. The molecular formula is C14H26N2O5. The Kier molecular flexibility index (Phi) is 5.22. The van der Waals surface area contributed by atoms with E-state index in [2.05, 4.69) is 0 Å². The molecule has 1 rings (SSSR count). The fraction of sp³-hybridized carbons (Fsp3) is 0.857. The second-order valence-corrected chi connectivity index (χ2v) is 6.54. The van der Waals surface area contributed by atoms with Gasteiger partial charge in [-0.15, -0.1) is 0 Å². The third-order valence-corrected chi connectivity index (χ3v) is 3.20. The van der Waals surface area contributed by atoms with Gasteiger partial charge in [-0.3, -0.25) is 14.5 Å². The first-order valence-corrected chi connectivity index (χ1v) is 6.95. The molecule has 0 aromatic rings. The van der Waals surface area contributed by atoms with E-state index in [-0.39, 0.29) is 25.0 Å². The Morgan fingerprint density at radius 1 is 1.38 bits per heavy atom. The molecule has 0 saturated carbocycles. The molecule has 0 radical (unpaired) electrons. The monoisotopic (exact) mass is 302 g/mol. The number of ether oxygens (including phenoxy) is 2. The van der Waals surface area contributed by atoms with Crippen molar-refractivity contribution in [1.29, 1.82) is 0 Å². The predicted molar refractivity (Wildman–Crippen MR) is 76.3 cm³/mol. The zero-order chi connectivity index (χ0) is 16.4. The molecule has 0 bridgehead atoms. The summed E-state index contributed by atoms with van der Waals surface area (Å²) in [4.78, 5) is 30.7. The highest BCUT2D eigenvalue weighted by atomic mass is 16.7. The molecule has 122 valence electrons. The third-order valence-electron chi connectivity index (χ3n) is 3.20. The van der Waals surface area contributed by atoms with Crippen LogP contribution in [-0.2, 0) is 19.1 Å². The molecule has 1 aliphatic rings. The van der Waals surface area contributed by atoms with E-state index in [1.54, 1.807) is 34.6 Å². The highest BCUT2D eigenvalue weighted by Crippen LogP contribution is 2.31. The van der Waals surface area contributed by atoms with Gasteiger partial charge >= 0.3 is 6.09 Å². The maximum Gasteiger partial charge on any atom is 0.412 e. The normalized spacial score (nSPS) is 21.3. The number of hydrogen-bond donors (Lipinski definition) is 0. The second-order valence-electron chi connectivity index (χ2n) is 6.54. The van der Waals surface area contributed by atoms with Crippen LogP contribution in [0.1, 0.15) is 41.0 Å². The molecular weight excluding hydrogens is 276 g/mol. The molecule has 2 amide bonds. The molecule has 0 N–H and O–H groups in total. The Morgan fingerprint density at radius 3 is 2.43 bits per heavy atom. The van der Waals surface area contributed by atoms with Gasteiger partial charge < -0.3 is 9.47 Å². The van der Waals surface area contributed by atoms with Gasteiger partial charge in [-0.2, -0.15) is 0 Å². The zero-order valence-corrected chi connectivity index (χ0v) is 13.9. The minimum absolute atomic E-state index is 0.118. The Balaban J connectivity index is 2.84. The van der Waals surface area contributed by atoms with Crippen LogP contribution in [0.15, 0.2) is 0 Å². The average Bonchev–Trinajstić information content (AvgIpc) is 2.61. The molecule has 1 fully saturated rings. The van der Waals surface area contributed by atoms with Gasteiger partial charge in [-0.05, 0) is 34.6 Å². The van der Waals surface area contributed by atoms with Gasteiger partial charge in [0.1, 0.15) is 11.3 Å². The lowest BCUT2D eigenvalue weighted by atomic mass is 10.1. The maximum absolute atomic E-state index is 12.4. The molecule has 0 unspecified atom stereocenters. The lowest BCUT2D eigenvalue weighted by molar-refractivity contribution is -0.169. The van der Waals surface area contributed by atoms with Crippen molar-refractivity contribution in [2.45, 2.75) is 58.4 Å². The largest absolute Gasteiger partial charge is 0.444 e. The zero-order valence-electron chi connectivity index (χ0n) is 13.9. The number of carbonyl (C=O) groups is 2. The van der Waals surface area contributed by atoms with E-state index in [1.165, 1.54) is 19.1 Å². The van der Waals surface area contributed by atoms with E-state index in [0.29, 0.717) is 0 Å². The highest BCUT2D eigenvalue weighted by Gasteiger charge is 2.46. The van der Waals surface area contributed by atoms with E-state index < -0.39 is 17.4 Å². The second kappa shape index (κ2) is 6.19. The summed E-state index contributed by atoms with van der Waals surface area (Å²) in [6.45, 7) is 9.24. The van der Waals surface area contributed by atoms with Crippen LogP contribution in [0.3, 0.4) is 0 Å². The van der Waals surface area contributed by atoms with Gasteiger partial charge in [-0.25, -0.2) is 9.86 Å². The number of carbonyl (C=O) groups excluding carboxylic acids is 2. The highest BCUT2D eigenvalue weighted by molar-refractivity contribution is 5.77. The first-order chi connectivity index (χ1) is 9.48. The topological polar surface area (TPSA) is 68.3 Å². The van der Waals surface area contributed by atoms with Crippen molar-refractivity contribution in [3.8, 4) is 0 Å². The quantitative estimate of drug-likeness (QED) is 0.743. The van der Waals surface area contributed by atoms with Crippen molar-refractivity contribution in [1.82, 2.24) is 9.96 Å². The first kappa shape index (κ1) is 17.7. The molecule has 21 heavy (non-hydrogen) atoms. The van der Waals surface area contributed by atoms with Crippen molar-refractivity contribution in [3.05, 3.63) is 0 Å². The maximum atomic E-state index is 12.4. The van der Waals surface area contributed by atoms with Crippen LogP contribution in [-0.4, -0.2) is 60.1 Å². The minimum Gasteiger partial charge on any atom is -0.444 e. The van der Waals surface area contributed by atoms with Crippen molar-refractivity contribution >= 4 is 12.0 Å². The molecule has 0 aromatic carbocycles. The van der Waals surface area contributed by atoms with E-state index in [4.69, 9.17) is 14.3 Å². The van der Waals surface area contributed by atoms with Crippen LogP contribution in [0.5, 0.6) is 0 Å². The van der Waals surface area contributed by atoms with Crippen LogP contribution in [0, 0.1) is 0 Å². The van der Waals surface area contributed by atoms with Gasteiger partial charge in [0.15, 0.2) is 0 Å². The summed E-state index contributed by atoms with van der Waals surface area (Å²) in [5, 5.41) is 1.14. The van der Waals surface area contributed by atoms with Crippen molar-refractivity contribution in [2.24, 2.45) is 0 Å². The smallest absolute Gasteiger partial charge is 0.412 e. The number of nitrogens with zero attached hydrogens (tertiary/aromatic N) is 2. The van der Waals surface area contributed by atoms with Crippen LogP contribution >= 0.6 is 0 Å². The van der Waals surface area contributed by atoms with E-state index in [1.807, 2.05) is 0 Å². The molecule has 1 saturated heterocycles. The predicted octanol–water partition coefficient (Wildman–Crippen LogP) is 1.77. The van der Waals surface area contributed by atoms with Gasteiger partial charge in [-0.1, -0.05) is 0 Å². The summed E-state index contributed by atoms with van der Waals surface area (Å²) in [7, 11) is 2.94. The van der Waals surface area contributed by atoms with Crippen molar-refractivity contribution in [3.63, 3.8) is 0 Å². The summed E-state index contributed by atoms with van der Waals surface area (Å²) in [5.41, 5.74) is -1.41. The molecule has 1 atom stereocenters. The standard InChI is InChI=1S/C14H26N2O5/c1-13(2,3)21-12(18)16-10(9-20-14(16,4)5)8-11(17)15(6)19-7/h10H,8-9H2,1-7H3/t10-/m0/s1. The molecule has 0 spiro atoms. The number of rotatable bonds is 3. The van der Waals surface area contributed by atoms with Crippen LogP contribution in [0.25, 0.3) is 0 Å². The lowest BCUT2D eigenvalue weighted by Crippen LogP contribution is -2.50.